The van der Waals surface area contributed by atoms with Gasteiger partial charge in [-0.3, -0.25) is 4.79 Å². The lowest BCUT2D eigenvalue weighted by Crippen LogP contribution is -2.10. The second-order valence-corrected chi connectivity index (χ2v) is 3.66. The topological polar surface area (TPSA) is 66.8 Å². The molecule has 0 aliphatic carbocycles. The molecule has 0 bridgehead atoms. The Morgan fingerprint density at radius 2 is 2.25 bits per heavy atom. The Labute approximate surface area is 98.4 Å². The van der Waals surface area contributed by atoms with Crippen LogP contribution in [-0.4, -0.2) is 22.8 Å². The van der Waals surface area contributed by atoms with Crippen molar-refractivity contribution < 1.29 is 19.7 Å². The monoisotopic (exact) mass is 244 g/mol. The number of phenolic OH excluding ortho intramolecular Hbond substituents is 1. The fourth-order valence-electron chi connectivity index (χ4n) is 1.29. The molecule has 0 radical (unpaired) electrons. The van der Waals surface area contributed by atoms with E-state index >= 15 is 0 Å². The quantitative estimate of drug-likeness (QED) is 0.796. The zero-order valence-corrected chi connectivity index (χ0v) is 9.57. The molecule has 1 unspecified atom stereocenters. The van der Waals surface area contributed by atoms with Crippen molar-refractivity contribution in [3.8, 4) is 5.75 Å². The molecule has 1 atom stereocenters. The number of aliphatic hydroxyl groups excluding tert-OH is 1. The van der Waals surface area contributed by atoms with Gasteiger partial charge in [-0.15, -0.1) is 0 Å². The first-order valence-corrected chi connectivity index (χ1v) is 5.24. The van der Waals surface area contributed by atoms with Crippen molar-refractivity contribution in [2.75, 3.05) is 6.61 Å². The van der Waals surface area contributed by atoms with Crippen LogP contribution in [0.25, 0.3) is 0 Å². The third-order valence-corrected chi connectivity index (χ3v) is 2.25. The molecule has 5 heteroatoms. The van der Waals surface area contributed by atoms with E-state index in [1.807, 2.05) is 0 Å². The van der Waals surface area contributed by atoms with E-state index in [-0.39, 0.29) is 24.3 Å². The smallest absolute Gasteiger partial charge is 0.308 e. The van der Waals surface area contributed by atoms with Gasteiger partial charge in [0, 0.05) is 10.6 Å². The molecule has 0 fully saturated rings. The summed E-state index contributed by atoms with van der Waals surface area (Å²) >= 11 is 5.64. The van der Waals surface area contributed by atoms with Crippen molar-refractivity contribution in [2.45, 2.75) is 19.4 Å². The zero-order valence-electron chi connectivity index (χ0n) is 8.81. The van der Waals surface area contributed by atoms with Gasteiger partial charge in [0.2, 0.25) is 0 Å². The number of aromatic hydroxyl groups is 1. The van der Waals surface area contributed by atoms with Crippen LogP contribution in [-0.2, 0) is 9.53 Å². The highest BCUT2D eigenvalue weighted by Gasteiger charge is 2.17. The summed E-state index contributed by atoms with van der Waals surface area (Å²) in [6, 6.07) is 4.32. The molecule has 0 amide bonds. The molecule has 0 heterocycles. The van der Waals surface area contributed by atoms with Gasteiger partial charge in [-0.05, 0) is 19.1 Å². The first-order chi connectivity index (χ1) is 7.54. The Morgan fingerprint density at radius 1 is 1.56 bits per heavy atom. The Morgan fingerprint density at radius 3 is 2.81 bits per heavy atom. The lowest BCUT2D eigenvalue weighted by atomic mass is 10.1. The van der Waals surface area contributed by atoms with E-state index in [2.05, 4.69) is 0 Å². The third kappa shape index (κ3) is 3.40. The number of rotatable bonds is 4. The largest absolute Gasteiger partial charge is 0.508 e. The molecular formula is C11H13ClO4. The number of hydrogen-bond acceptors (Lipinski definition) is 4. The lowest BCUT2D eigenvalue weighted by Gasteiger charge is -2.11. The van der Waals surface area contributed by atoms with E-state index in [1.54, 1.807) is 6.92 Å². The fraction of sp³-hybridized carbons (Fsp3) is 0.364. The van der Waals surface area contributed by atoms with Crippen molar-refractivity contribution in [3.63, 3.8) is 0 Å². The molecule has 0 saturated carbocycles. The van der Waals surface area contributed by atoms with Gasteiger partial charge in [0.1, 0.15) is 5.75 Å². The van der Waals surface area contributed by atoms with Crippen LogP contribution in [0.15, 0.2) is 18.2 Å². The maximum absolute atomic E-state index is 11.1. The van der Waals surface area contributed by atoms with Gasteiger partial charge >= 0.3 is 5.97 Å². The van der Waals surface area contributed by atoms with Crippen LogP contribution in [0.4, 0.5) is 0 Å². The van der Waals surface area contributed by atoms with E-state index < -0.39 is 12.1 Å². The minimum atomic E-state index is -1.09. The highest BCUT2D eigenvalue weighted by molar-refractivity contribution is 6.30. The molecule has 1 aromatic rings. The predicted molar refractivity (Wildman–Crippen MR) is 59.3 cm³/mol. The van der Waals surface area contributed by atoms with Crippen LogP contribution >= 0.6 is 11.6 Å². The second kappa shape index (κ2) is 5.72. The number of carbonyl (C=O) groups is 1. The van der Waals surface area contributed by atoms with Gasteiger partial charge in [0.15, 0.2) is 0 Å². The molecule has 2 N–H and O–H groups in total. The number of hydrogen-bond donors (Lipinski definition) is 2. The Balaban J connectivity index is 2.72. The second-order valence-electron chi connectivity index (χ2n) is 3.23. The molecule has 0 aromatic heterocycles. The van der Waals surface area contributed by atoms with Crippen molar-refractivity contribution >= 4 is 17.6 Å². The Bertz CT molecular complexity index is 378. The fourth-order valence-corrected chi connectivity index (χ4v) is 1.45. The third-order valence-electron chi connectivity index (χ3n) is 2.02. The number of aliphatic hydroxyl groups is 1. The lowest BCUT2D eigenvalue weighted by molar-refractivity contribution is -0.145. The average Bonchev–Trinajstić information content (AvgIpc) is 2.17. The van der Waals surface area contributed by atoms with E-state index in [0.29, 0.717) is 5.02 Å². The summed E-state index contributed by atoms with van der Waals surface area (Å²) in [7, 11) is 0. The van der Waals surface area contributed by atoms with E-state index in [4.69, 9.17) is 16.3 Å². The van der Waals surface area contributed by atoms with Gasteiger partial charge < -0.3 is 14.9 Å². The average molecular weight is 245 g/mol. The summed E-state index contributed by atoms with van der Waals surface area (Å²) in [5.74, 6) is -0.645. The molecule has 1 rings (SSSR count). The van der Waals surface area contributed by atoms with Crippen LogP contribution < -0.4 is 0 Å². The van der Waals surface area contributed by atoms with Crippen LogP contribution in [0.1, 0.15) is 25.0 Å². The van der Waals surface area contributed by atoms with Crippen LogP contribution in [0.2, 0.25) is 5.02 Å². The molecule has 88 valence electrons. The number of ether oxygens (including phenoxy) is 1. The van der Waals surface area contributed by atoms with Gasteiger partial charge in [-0.2, -0.15) is 0 Å². The first-order valence-electron chi connectivity index (χ1n) is 4.86. The summed E-state index contributed by atoms with van der Waals surface area (Å²) < 4.78 is 4.69. The van der Waals surface area contributed by atoms with Crippen molar-refractivity contribution in [1.82, 2.24) is 0 Å². The normalized spacial score (nSPS) is 12.2. The summed E-state index contributed by atoms with van der Waals surface area (Å²) in [6.45, 7) is 1.95. The zero-order chi connectivity index (χ0) is 12.1. The number of esters is 1. The molecule has 16 heavy (non-hydrogen) atoms. The number of benzene rings is 1. The van der Waals surface area contributed by atoms with Crippen LogP contribution in [0.5, 0.6) is 5.75 Å². The van der Waals surface area contributed by atoms with Crippen molar-refractivity contribution in [2.24, 2.45) is 0 Å². The Hall–Kier alpha value is -1.26. The molecule has 4 nitrogen and oxygen atoms in total. The van der Waals surface area contributed by atoms with Gasteiger partial charge in [-0.1, -0.05) is 17.7 Å². The van der Waals surface area contributed by atoms with Crippen molar-refractivity contribution in [3.05, 3.63) is 28.8 Å². The van der Waals surface area contributed by atoms with Crippen LogP contribution in [0.3, 0.4) is 0 Å². The molecule has 0 spiro atoms. The molecular weight excluding hydrogens is 232 g/mol. The molecule has 1 aromatic carbocycles. The molecule has 0 saturated heterocycles. The first kappa shape index (κ1) is 12.8. The van der Waals surface area contributed by atoms with Crippen LogP contribution in [0, 0.1) is 0 Å². The maximum atomic E-state index is 11.1. The standard InChI is InChI=1S/C11H13ClO4/c1-2-16-11(15)6-10(14)8-4-3-7(12)5-9(8)13/h3-5,10,13-14H,2,6H2,1H3. The summed E-state index contributed by atoms with van der Waals surface area (Å²) in [4.78, 5) is 11.1. The predicted octanol–water partition coefficient (Wildman–Crippen LogP) is 2.03. The van der Waals surface area contributed by atoms with E-state index in [1.165, 1.54) is 18.2 Å². The number of carbonyl (C=O) groups excluding carboxylic acids is 1. The van der Waals surface area contributed by atoms with Crippen molar-refractivity contribution in [1.29, 1.82) is 0 Å². The highest BCUT2D eigenvalue weighted by Crippen LogP contribution is 2.29. The highest BCUT2D eigenvalue weighted by atomic mass is 35.5. The SMILES string of the molecule is CCOC(=O)CC(O)c1ccc(Cl)cc1O. The van der Waals surface area contributed by atoms with Gasteiger partial charge in [0.25, 0.3) is 0 Å². The number of halogens is 1. The van der Waals surface area contributed by atoms with E-state index in [0.717, 1.165) is 0 Å². The van der Waals surface area contributed by atoms with Gasteiger partial charge in [-0.25, -0.2) is 0 Å². The van der Waals surface area contributed by atoms with Gasteiger partial charge in [0.05, 0.1) is 19.1 Å². The Kier molecular flexibility index (Phi) is 4.58. The summed E-state index contributed by atoms with van der Waals surface area (Å²) in [5.41, 5.74) is 0.262. The summed E-state index contributed by atoms with van der Waals surface area (Å²) in [5, 5.41) is 19.6. The molecule has 0 aliphatic rings. The molecule has 0 aliphatic heterocycles. The minimum Gasteiger partial charge on any atom is -0.508 e. The van der Waals surface area contributed by atoms with E-state index in [9.17, 15) is 15.0 Å². The maximum Gasteiger partial charge on any atom is 0.308 e. The minimum absolute atomic E-state index is 0.135. The number of phenols is 1. The summed E-state index contributed by atoms with van der Waals surface area (Å²) in [6.07, 6.45) is -1.28.